The van der Waals surface area contributed by atoms with Gasteiger partial charge in [-0.05, 0) is 51.3 Å². The van der Waals surface area contributed by atoms with Crippen molar-refractivity contribution in [3.63, 3.8) is 0 Å². The highest BCUT2D eigenvalue weighted by atomic mass is 16.6. The molecule has 1 aliphatic heterocycles. The largest absolute Gasteiger partial charge is 0.459 e. The summed E-state index contributed by atoms with van der Waals surface area (Å²) in [6.45, 7) is 8.39. The van der Waals surface area contributed by atoms with Crippen LogP contribution in [-0.4, -0.2) is 40.5 Å². The van der Waals surface area contributed by atoms with Gasteiger partial charge in [0.25, 0.3) is 5.91 Å². The Bertz CT molecular complexity index is 1220. The Kier molecular flexibility index (Phi) is 7.00. The van der Waals surface area contributed by atoms with Crippen molar-refractivity contribution in [2.24, 2.45) is 0 Å². The van der Waals surface area contributed by atoms with E-state index < -0.39 is 17.5 Å². The van der Waals surface area contributed by atoms with Crippen LogP contribution in [0.4, 0.5) is 17.5 Å². The average molecular weight is 474 g/mol. The number of nitrogens with zero attached hydrogens (tertiary/aromatic N) is 3. The second kappa shape index (κ2) is 10.1. The molecule has 182 valence electrons. The SMILES string of the molecule is Cc1ccc(CNc2nc(N3CCc4ccccc43)ncc2C(=O)NCC(=O)OC(C)(C)C)cc1. The van der Waals surface area contributed by atoms with Crippen LogP contribution in [0.3, 0.4) is 0 Å². The minimum absolute atomic E-state index is 0.241. The zero-order chi connectivity index (χ0) is 25.0. The Morgan fingerprint density at radius 2 is 1.83 bits per heavy atom. The smallest absolute Gasteiger partial charge is 0.325 e. The zero-order valence-corrected chi connectivity index (χ0v) is 20.6. The lowest BCUT2D eigenvalue weighted by Crippen LogP contribution is -2.35. The van der Waals surface area contributed by atoms with Crippen molar-refractivity contribution >= 4 is 29.3 Å². The molecule has 0 spiro atoms. The Balaban J connectivity index is 1.56. The third-order valence-electron chi connectivity index (χ3n) is 5.54. The Morgan fingerprint density at radius 3 is 2.57 bits per heavy atom. The van der Waals surface area contributed by atoms with Crippen LogP contribution < -0.4 is 15.5 Å². The monoisotopic (exact) mass is 473 g/mol. The van der Waals surface area contributed by atoms with Crippen LogP contribution in [0.25, 0.3) is 0 Å². The number of carbonyl (C=O) groups excluding carboxylic acids is 2. The topological polar surface area (TPSA) is 96.5 Å². The number of benzene rings is 2. The number of amides is 1. The molecule has 0 atom stereocenters. The maximum absolute atomic E-state index is 13.0. The Hall–Kier alpha value is -3.94. The summed E-state index contributed by atoms with van der Waals surface area (Å²) in [5.41, 5.74) is 4.18. The van der Waals surface area contributed by atoms with Crippen LogP contribution >= 0.6 is 0 Å². The number of hydrogen-bond donors (Lipinski definition) is 2. The first kappa shape index (κ1) is 24.2. The summed E-state index contributed by atoms with van der Waals surface area (Å²) in [6, 6.07) is 16.3. The number of aryl methyl sites for hydroxylation is 1. The van der Waals surface area contributed by atoms with Crippen LogP contribution in [-0.2, 0) is 22.5 Å². The van der Waals surface area contributed by atoms with Gasteiger partial charge in [-0.2, -0.15) is 4.98 Å². The minimum Gasteiger partial charge on any atom is -0.459 e. The number of aromatic nitrogens is 2. The molecule has 0 fully saturated rings. The highest BCUT2D eigenvalue weighted by Gasteiger charge is 2.24. The first-order chi connectivity index (χ1) is 16.7. The maximum Gasteiger partial charge on any atom is 0.325 e. The summed E-state index contributed by atoms with van der Waals surface area (Å²) in [4.78, 5) is 36.3. The van der Waals surface area contributed by atoms with Crippen LogP contribution in [0.1, 0.15) is 47.8 Å². The molecule has 1 aromatic heterocycles. The molecule has 1 aliphatic rings. The number of esters is 1. The molecule has 0 aliphatic carbocycles. The van der Waals surface area contributed by atoms with Gasteiger partial charge in [0, 0.05) is 25.0 Å². The Morgan fingerprint density at radius 1 is 1.09 bits per heavy atom. The zero-order valence-electron chi connectivity index (χ0n) is 20.6. The van der Waals surface area contributed by atoms with Gasteiger partial charge in [-0.1, -0.05) is 48.0 Å². The molecule has 0 unspecified atom stereocenters. The lowest BCUT2D eigenvalue weighted by Gasteiger charge is -2.20. The van der Waals surface area contributed by atoms with Gasteiger partial charge in [-0.15, -0.1) is 0 Å². The molecule has 0 saturated carbocycles. The number of anilines is 3. The maximum atomic E-state index is 13.0. The number of carbonyl (C=O) groups is 2. The van der Waals surface area contributed by atoms with E-state index in [0.717, 1.165) is 24.2 Å². The number of para-hydroxylation sites is 1. The fourth-order valence-corrected chi connectivity index (χ4v) is 3.87. The second-order valence-electron chi connectivity index (χ2n) is 9.57. The van der Waals surface area contributed by atoms with Crippen LogP contribution in [0.5, 0.6) is 0 Å². The standard InChI is InChI=1S/C27H31N5O3/c1-18-9-11-19(12-10-18)15-28-24-21(25(34)29-17-23(33)35-27(2,3)4)16-30-26(31-24)32-14-13-20-7-5-6-8-22(20)32/h5-12,16H,13-15,17H2,1-4H3,(H,29,34)(H,28,30,31). The number of ether oxygens (including phenoxy) is 1. The Labute approximate surface area is 205 Å². The predicted molar refractivity (Wildman–Crippen MR) is 136 cm³/mol. The third-order valence-corrected chi connectivity index (χ3v) is 5.54. The molecule has 2 N–H and O–H groups in total. The number of nitrogens with one attached hydrogen (secondary N) is 2. The summed E-state index contributed by atoms with van der Waals surface area (Å²) in [6.07, 6.45) is 2.41. The van der Waals surface area contributed by atoms with Gasteiger partial charge in [0.05, 0.1) is 0 Å². The van der Waals surface area contributed by atoms with Crippen molar-refractivity contribution in [2.45, 2.75) is 46.3 Å². The summed E-state index contributed by atoms with van der Waals surface area (Å²) in [5, 5.41) is 5.91. The molecule has 0 radical (unpaired) electrons. The van der Waals surface area contributed by atoms with E-state index in [9.17, 15) is 9.59 Å². The van der Waals surface area contributed by atoms with Gasteiger partial charge in [0.1, 0.15) is 23.5 Å². The number of fused-ring (bicyclic) bond motifs is 1. The summed E-state index contributed by atoms with van der Waals surface area (Å²) in [7, 11) is 0. The van der Waals surface area contributed by atoms with Crippen LogP contribution in [0.15, 0.2) is 54.7 Å². The fourth-order valence-electron chi connectivity index (χ4n) is 3.87. The van der Waals surface area contributed by atoms with Crippen molar-refractivity contribution in [3.05, 3.63) is 77.0 Å². The summed E-state index contributed by atoms with van der Waals surface area (Å²) >= 11 is 0. The van der Waals surface area contributed by atoms with Gasteiger partial charge < -0.3 is 20.3 Å². The van der Waals surface area contributed by atoms with Gasteiger partial charge in [-0.25, -0.2) is 4.98 Å². The molecule has 1 amide bonds. The predicted octanol–water partition coefficient (Wildman–Crippen LogP) is 4.16. The molecule has 4 rings (SSSR count). The normalized spacial score (nSPS) is 12.7. The summed E-state index contributed by atoms with van der Waals surface area (Å²) in [5.74, 6) is -0.0337. The van der Waals surface area contributed by atoms with Crippen LogP contribution in [0.2, 0.25) is 0 Å². The van der Waals surface area contributed by atoms with Gasteiger partial charge >= 0.3 is 5.97 Å². The molecule has 35 heavy (non-hydrogen) atoms. The first-order valence-corrected chi connectivity index (χ1v) is 11.7. The van der Waals surface area contributed by atoms with E-state index in [1.807, 2.05) is 49.4 Å². The van der Waals surface area contributed by atoms with E-state index in [1.165, 1.54) is 17.3 Å². The van der Waals surface area contributed by atoms with E-state index in [0.29, 0.717) is 18.3 Å². The number of rotatable bonds is 7. The van der Waals surface area contributed by atoms with E-state index in [1.54, 1.807) is 20.8 Å². The highest BCUT2D eigenvalue weighted by molar-refractivity contribution is 6.00. The van der Waals surface area contributed by atoms with Crippen molar-refractivity contribution in [2.75, 3.05) is 23.3 Å². The van der Waals surface area contributed by atoms with Crippen LogP contribution in [0, 0.1) is 6.92 Å². The second-order valence-corrected chi connectivity index (χ2v) is 9.57. The molecular weight excluding hydrogens is 442 g/mol. The molecule has 2 heterocycles. The molecule has 0 bridgehead atoms. The van der Waals surface area contributed by atoms with Crippen molar-refractivity contribution in [3.8, 4) is 0 Å². The van der Waals surface area contributed by atoms with Crippen molar-refractivity contribution in [1.82, 2.24) is 15.3 Å². The van der Waals surface area contributed by atoms with E-state index in [2.05, 4.69) is 26.6 Å². The lowest BCUT2D eigenvalue weighted by molar-refractivity contribution is -0.153. The molecule has 2 aromatic carbocycles. The third kappa shape index (κ3) is 6.15. The fraction of sp³-hybridized carbons (Fsp3) is 0.333. The number of hydrogen-bond acceptors (Lipinski definition) is 7. The van der Waals surface area contributed by atoms with Crippen molar-refractivity contribution in [1.29, 1.82) is 0 Å². The molecule has 0 saturated heterocycles. The molecule has 3 aromatic rings. The molecule has 8 heteroatoms. The molecule has 8 nitrogen and oxygen atoms in total. The first-order valence-electron chi connectivity index (χ1n) is 11.7. The molecular formula is C27H31N5O3. The van der Waals surface area contributed by atoms with E-state index >= 15 is 0 Å². The average Bonchev–Trinajstić information content (AvgIpc) is 3.25. The quantitative estimate of drug-likeness (QED) is 0.497. The van der Waals surface area contributed by atoms with Gasteiger partial charge in [-0.3, -0.25) is 9.59 Å². The highest BCUT2D eigenvalue weighted by Crippen LogP contribution is 2.33. The minimum atomic E-state index is -0.626. The lowest BCUT2D eigenvalue weighted by atomic mass is 10.1. The van der Waals surface area contributed by atoms with E-state index in [4.69, 9.17) is 9.72 Å². The summed E-state index contributed by atoms with van der Waals surface area (Å²) < 4.78 is 5.28. The van der Waals surface area contributed by atoms with Gasteiger partial charge in [0.2, 0.25) is 5.95 Å². The van der Waals surface area contributed by atoms with E-state index in [-0.39, 0.29) is 12.1 Å². The van der Waals surface area contributed by atoms with Crippen molar-refractivity contribution < 1.29 is 14.3 Å². The van der Waals surface area contributed by atoms with Gasteiger partial charge in [0.15, 0.2) is 0 Å².